The maximum Gasteiger partial charge on any atom is 0.551 e. The Morgan fingerprint density at radius 2 is 1.81 bits per heavy atom. The summed E-state index contributed by atoms with van der Waals surface area (Å²) in [7, 11) is -0.461. The Kier molecular flexibility index (Phi) is 4.20. The van der Waals surface area contributed by atoms with Gasteiger partial charge in [-0.05, 0) is 27.7 Å². The van der Waals surface area contributed by atoms with E-state index in [1.165, 1.54) is 0 Å². The van der Waals surface area contributed by atoms with Gasteiger partial charge in [-0.15, -0.1) is 6.58 Å². The van der Waals surface area contributed by atoms with Crippen LogP contribution < -0.4 is 0 Å². The number of rotatable bonds is 3. The van der Waals surface area contributed by atoms with E-state index in [9.17, 15) is 0 Å². The molecule has 0 N–H and O–H groups in total. The molecule has 1 aliphatic rings. The van der Waals surface area contributed by atoms with Crippen LogP contribution in [-0.4, -0.2) is 31.5 Å². The normalized spacial score (nSPS) is 21.4. The molecule has 0 spiro atoms. The molecule has 88 valence electrons. The Morgan fingerprint density at radius 3 is 2.31 bits per heavy atom. The minimum Gasteiger partial charge on any atom is -0.392 e. The summed E-state index contributed by atoms with van der Waals surface area (Å²) in [4.78, 5) is 0. The Bertz CT molecular complexity index is 296. The van der Waals surface area contributed by atoms with Crippen molar-refractivity contribution in [1.82, 2.24) is 0 Å². The third-order valence-electron chi connectivity index (χ3n) is 2.88. The fourth-order valence-corrected chi connectivity index (χ4v) is 1.22. The number of hydrogen-bond donors (Lipinski definition) is 0. The highest BCUT2D eigenvalue weighted by Gasteiger charge is 2.50. The molecule has 1 aliphatic heterocycles. The molecule has 0 atom stereocenters. The lowest BCUT2D eigenvalue weighted by Crippen LogP contribution is -2.41. The predicted molar refractivity (Wildman–Crippen MR) is 64.9 cm³/mol. The summed E-state index contributed by atoms with van der Waals surface area (Å²) < 4.78 is 16.5. The van der Waals surface area contributed by atoms with E-state index in [1.807, 2.05) is 27.7 Å². The van der Waals surface area contributed by atoms with Crippen LogP contribution in [0.2, 0.25) is 0 Å². The lowest BCUT2D eigenvalue weighted by Gasteiger charge is -2.32. The summed E-state index contributed by atoms with van der Waals surface area (Å²) >= 11 is 0. The molecule has 0 saturated carbocycles. The highest BCUT2D eigenvalue weighted by atomic mass is 16.7. The Balaban J connectivity index is 2.44. The van der Waals surface area contributed by atoms with Crippen molar-refractivity contribution in [3.63, 3.8) is 0 Å². The Labute approximate surface area is 98.3 Å². The minimum atomic E-state index is -0.461. The molecular formula is C12H19BO3. The predicted octanol–water partition coefficient (Wildman–Crippen LogP) is 1.82. The van der Waals surface area contributed by atoms with Gasteiger partial charge in [0.15, 0.2) is 0 Å². The van der Waals surface area contributed by atoms with Crippen molar-refractivity contribution in [1.29, 1.82) is 0 Å². The van der Waals surface area contributed by atoms with E-state index >= 15 is 0 Å². The van der Waals surface area contributed by atoms with Gasteiger partial charge in [0.25, 0.3) is 0 Å². The van der Waals surface area contributed by atoms with Crippen LogP contribution in [0.1, 0.15) is 27.7 Å². The molecule has 4 heteroatoms. The van der Waals surface area contributed by atoms with E-state index in [2.05, 4.69) is 18.3 Å². The lowest BCUT2D eigenvalue weighted by molar-refractivity contribution is 0.00578. The number of hydrogen-bond acceptors (Lipinski definition) is 3. The summed E-state index contributed by atoms with van der Waals surface area (Å²) in [5.41, 5.74) is -0.650. The van der Waals surface area contributed by atoms with Gasteiger partial charge in [0, 0.05) is 0 Å². The molecule has 0 amide bonds. The van der Waals surface area contributed by atoms with Crippen LogP contribution in [0, 0.1) is 11.7 Å². The minimum absolute atomic E-state index is 0.325. The van der Waals surface area contributed by atoms with Gasteiger partial charge >= 0.3 is 7.12 Å². The molecule has 1 fully saturated rings. The van der Waals surface area contributed by atoms with Gasteiger partial charge in [-0.2, -0.15) is 0 Å². The molecule has 0 aliphatic carbocycles. The van der Waals surface area contributed by atoms with Crippen LogP contribution in [0.4, 0.5) is 0 Å². The zero-order chi connectivity index (χ0) is 12.2. The first-order valence-electron chi connectivity index (χ1n) is 5.42. The monoisotopic (exact) mass is 222 g/mol. The highest BCUT2D eigenvalue weighted by molar-refractivity contribution is 6.55. The standard InChI is InChI=1S/C12H19BO3/c1-6-9-14-10-7-8-13-15-11(2,3)12(4,5)16-13/h6H,1,9-10H2,2-5H3. The largest absolute Gasteiger partial charge is 0.551 e. The first-order chi connectivity index (χ1) is 7.39. The first-order valence-corrected chi connectivity index (χ1v) is 5.42. The molecule has 0 aromatic rings. The van der Waals surface area contributed by atoms with Crippen LogP contribution in [0.25, 0.3) is 0 Å². The van der Waals surface area contributed by atoms with Gasteiger partial charge in [-0.1, -0.05) is 17.8 Å². The third kappa shape index (κ3) is 3.12. The van der Waals surface area contributed by atoms with Crippen molar-refractivity contribution in [3.05, 3.63) is 12.7 Å². The zero-order valence-electron chi connectivity index (χ0n) is 10.5. The zero-order valence-corrected chi connectivity index (χ0v) is 10.5. The maximum atomic E-state index is 5.70. The van der Waals surface area contributed by atoms with Crippen molar-refractivity contribution >= 4 is 7.12 Å². The van der Waals surface area contributed by atoms with E-state index in [1.54, 1.807) is 6.08 Å². The van der Waals surface area contributed by atoms with E-state index in [4.69, 9.17) is 14.0 Å². The van der Waals surface area contributed by atoms with Gasteiger partial charge in [0.2, 0.25) is 0 Å². The molecule has 0 bridgehead atoms. The van der Waals surface area contributed by atoms with E-state index in [-0.39, 0.29) is 11.2 Å². The van der Waals surface area contributed by atoms with Gasteiger partial charge in [-0.25, -0.2) is 0 Å². The van der Waals surface area contributed by atoms with Gasteiger partial charge < -0.3 is 14.0 Å². The summed E-state index contributed by atoms with van der Waals surface area (Å²) in [5, 5.41) is 0. The van der Waals surface area contributed by atoms with Gasteiger partial charge in [0.05, 0.1) is 17.8 Å². The van der Waals surface area contributed by atoms with Gasteiger partial charge in [0.1, 0.15) is 6.61 Å². The summed E-state index contributed by atoms with van der Waals surface area (Å²) in [6, 6.07) is 0. The van der Waals surface area contributed by atoms with Crippen molar-refractivity contribution in [2.24, 2.45) is 0 Å². The molecule has 1 saturated heterocycles. The molecule has 0 radical (unpaired) electrons. The molecular weight excluding hydrogens is 203 g/mol. The molecule has 0 aromatic carbocycles. The molecule has 16 heavy (non-hydrogen) atoms. The van der Waals surface area contributed by atoms with Crippen molar-refractivity contribution in [2.45, 2.75) is 38.9 Å². The summed E-state index contributed by atoms with van der Waals surface area (Å²) in [6.45, 7) is 12.4. The van der Waals surface area contributed by atoms with Crippen molar-refractivity contribution in [2.75, 3.05) is 13.2 Å². The van der Waals surface area contributed by atoms with Crippen LogP contribution in [0.3, 0.4) is 0 Å². The fraction of sp³-hybridized carbons (Fsp3) is 0.667. The average Bonchev–Trinajstić information content (AvgIpc) is 2.35. The molecule has 1 rings (SSSR count). The van der Waals surface area contributed by atoms with Crippen LogP contribution in [0.15, 0.2) is 12.7 Å². The first kappa shape index (κ1) is 13.3. The second-order valence-corrected chi connectivity index (χ2v) is 4.71. The molecule has 1 heterocycles. The molecule has 0 unspecified atom stereocenters. The van der Waals surface area contributed by atoms with E-state index < -0.39 is 7.12 Å². The topological polar surface area (TPSA) is 27.7 Å². The Hall–Kier alpha value is -0.755. The third-order valence-corrected chi connectivity index (χ3v) is 2.88. The smallest absolute Gasteiger partial charge is 0.392 e. The lowest BCUT2D eigenvalue weighted by atomic mass is 9.90. The van der Waals surface area contributed by atoms with Crippen LogP contribution >= 0.6 is 0 Å². The second kappa shape index (κ2) is 5.05. The van der Waals surface area contributed by atoms with Crippen LogP contribution in [-0.2, 0) is 14.0 Å². The number of ether oxygens (including phenoxy) is 1. The van der Waals surface area contributed by atoms with E-state index in [0.717, 1.165) is 0 Å². The summed E-state index contributed by atoms with van der Waals surface area (Å²) in [6.07, 6.45) is 1.69. The molecule has 3 nitrogen and oxygen atoms in total. The van der Waals surface area contributed by atoms with Crippen molar-refractivity contribution in [3.8, 4) is 11.7 Å². The maximum absolute atomic E-state index is 5.70. The average molecular weight is 222 g/mol. The quantitative estimate of drug-likeness (QED) is 0.315. The fourth-order valence-electron chi connectivity index (χ4n) is 1.22. The highest BCUT2D eigenvalue weighted by Crippen LogP contribution is 2.36. The Morgan fingerprint density at radius 1 is 1.25 bits per heavy atom. The SMILES string of the molecule is C=CCOCC#CB1OC(C)(C)C(C)(C)O1. The van der Waals surface area contributed by atoms with Crippen LogP contribution in [0.5, 0.6) is 0 Å². The molecule has 0 aromatic heterocycles. The summed E-state index contributed by atoms with van der Waals surface area (Å²) in [5.74, 6) is 5.77. The second-order valence-electron chi connectivity index (χ2n) is 4.71. The van der Waals surface area contributed by atoms with E-state index in [0.29, 0.717) is 13.2 Å². The van der Waals surface area contributed by atoms with Gasteiger partial charge in [-0.3, -0.25) is 0 Å². The van der Waals surface area contributed by atoms with Crippen molar-refractivity contribution < 1.29 is 14.0 Å².